The Morgan fingerprint density at radius 2 is 2.24 bits per heavy atom. The van der Waals surface area contributed by atoms with E-state index in [9.17, 15) is 4.79 Å². The number of hydrogen-bond acceptors (Lipinski definition) is 7. The minimum absolute atomic E-state index is 0.272. The third-order valence-electron chi connectivity index (χ3n) is 2.86. The van der Waals surface area contributed by atoms with E-state index in [0.29, 0.717) is 19.0 Å². The van der Waals surface area contributed by atoms with Crippen molar-refractivity contribution in [2.24, 2.45) is 5.10 Å². The smallest absolute Gasteiger partial charge is 0.436 e. The van der Waals surface area contributed by atoms with Gasteiger partial charge in [0.25, 0.3) is 0 Å². The third kappa shape index (κ3) is 3.88. The number of ether oxygens (including phenoxy) is 2. The summed E-state index contributed by atoms with van der Waals surface area (Å²) in [6, 6.07) is 3.51. The van der Waals surface area contributed by atoms with Crippen LogP contribution in [-0.4, -0.2) is 55.4 Å². The van der Waals surface area contributed by atoms with Crippen molar-refractivity contribution in [1.29, 1.82) is 0 Å². The van der Waals surface area contributed by atoms with Crippen molar-refractivity contribution in [2.75, 3.05) is 42.8 Å². The number of carbonyl (C=O) groups excluding carboxylic acids is 1. The fourth-order valence-corrected chi connectivity index (χ4v) is 1.89. The molecule has 1 saturated heterocycles. The summed E-state index contributed by atoms with van der Waals surface area (Å²) in [5.41, 5.74) is 0. The molecule has 8 nitrogen and oxygen atoms in total. The van der Waals surface area contributed by atoms with Gasteiger partial charge in [0.15, 0.2) is 11.6 Å². The van der Waals surface area contributed by atoms with E-state index in [0.717, 1.165) is 23.9 Å². The summed E-state index contributed by atoms with van der Waals surface area (Å²) >= 11 is 0. The molecular formula is C13H19N5O3. The molecule has 0 aromatic carbocycles. The highest BCUT2D eigenvalue weighted by atomic mass is 16.6. The van der Waals surface area contributed by atoms with Crippen molar-refractivity contribution in [3.63, 3.8) is 0 Å². The maximum absolute atomic E-state index is 11.8. The second-order valence-corrected chi connectivity index (χ2v) is 4.23. The summed E-state index contributed by atoms with van der Waals surface area (Å²) < 4.78 is 10.2. The highest BCUT2D eigenvalue weighted by molar-refractivity contribution is 5.86. The van der Waals surface area contributed by atoms with Gasteiger partial charge in [-0.05, 0) is 26.0 Å². The Bertz CT molecular complexity index is 485. The van der Waals surface area contributed by atoms with E-state index in [1.54, 1.807) is 19.9 Å². The highest BCUT2D eigenvalue weighted by Crippen LogP contribution is 2.17. The van der Waals surface area contributed by atoms with Gasteiger partial charge in [0.05, 0.1) is 19.8 Å². The second kappa shape index (κ2) is 7.53. The first-order valence-electron chi connectivity index (χ1n) is 6.88. The van der Waals surface area contributed by atoms with Crippen molar-refractivity contribution in [1.82, 2.24) is 10.2 Å². The first kappa shape index (κ1) is 15.2. The van der Waals surface area contributed by atoms with E-state index >= 15 is 0 Å². The number of amides is 1. The molecule has 1 aliphatic rings. The van der Waals surface area contributed by atoms with Crippen LogP contribution in [0.15, 0.2) is 17.2 Å². The van der Waals surface area contributed by atoms with E-state index < -0.39 is 6.09 Å². The zero-order valence-corrected chi connectivity index (χ0v) is 12.2. The van der Waals surface area contributed by atoms with E-state index in [4.69, 9.17) is 9.47 Å². The SMILES string of the molecule is CC=NN(C(=O)OCC)c1ccc(N2CCOCC2)nn1. The number of anilines is 2. The highest BCUT2D eigenvalue weighted by Gasteiger charge is 2.19. The normalized spacial score (nSPS) is 15.2. The topological polar surface area (TPSA) is 80.2 Å². The summed E-state index contributed by atoms with van der Waals surface area (Å²) in [5.74, 6) is 1.08. The molecule has 2 heterocycles. The van der Waals surface area contributed by atoms with Gasteiger partial charge in [0.2, 0.25) is 0 Å². The molecule has 0 bridgehead atoms. The maximum atomic E-state index is 11.8. The van der Waals surface area contributed by atoms with Crippen molar-refractivity contribution in [2.45, 2.75) is 13.8 Å². The van der Waals surface area contributed by atoms with Gasteiger partial charge in [-0.3, -0.25) is 0 Å². The Labute approximate surface area is 123 Å². The molecular weight excluding hydrogens is 274 g/mol. The van der Waals surface area contributed by atoms with Crippen LogP contribution in [0.5, 0.6) is 0 Å². The quantitative estimate of drug-likeness (QED) is 0.614. The number of nitrogens with zero attached hydrogens (tertiary/aromatic N) is 5. The fourth-order valence-electron chi connectivity index (χ4n) is 1.89. The Morgan fingerprint density at radius 3 is 2.81 bits per heavy atom. The molecule has 114 valence electrons. The van der Waals surface area contributed by atoms with Gasteiger partial charge in [-0.1, -0.05) is 0 Å². The Kier molecular flexibility index (Phi) is 5.44. The Balaban J connectivity index is 2.13. The van der Waals surface area contributed by atoms with Crippen LogP contribution >= 0.6 is 0 Å². The van der Waals surface area contributed by atoms with Crippen LogP contribution in [-0.2, 0) is 9.47 Å². The molecule has 2 rings (SSSR count). The molecule has 21 heavy (non-hydrogen) atoms. The van der Waals surface area contributed by atoms with Crippen LogP contribution < -0.4 is 9.91 Å². The van der Waals surface area contributed by atoms with Crippen molar-refractivity contribution >= 4 is 23.9 Å². The van der Waals surface area contributed by atoms with Crippen LogP contribution in [0.2, 0.25) is 0 Å². The minimum Gasteiger partial charge on any atom is -0.448 e. The fraction of sp³-hybridized carbons (Fsp3) is 0.538. The van der Waals surface area contributed by atoms with Gasteiger partial charge >= 0.3 is 6.09 Å². The summed E-state index contributed by atoms with van der Waals surface area (Å²) in [6.45, 7) is 6.64. The number of carbonyl (C=O) groups is 1. The molecule has 1 fully saturated rings. The molecule has 1 aromatic heterocycles. The number of hydrogen-bond donors (Lipinski definition) is 0. The second-order valence-electron chi connectivity index (χ2n) is 4.23. The lowest BCUT2D eigenvalue weighted by Gasteiger charge is -2.27. The zero-order valence-electron chi connectivity index (χ0n) is 12.2. The molecule has 0 radical (unpaired) electrons. The van der Waals surface area contributed by atoms with Crippen LogP contribution in [0.1, 0.15) is 13.8 Å². The number of hydrazone groups is 1. The zero-order chi connectivity index (χ0) is 15.1. The van der Waals surface area contributed by atoms with Crippen LogP contribution in [0.3, 0.4) is 0 Å². The summed E-state index contributed by atoms with van der Waals surface area (Å²) in [7, 11) is 0. The average Bonchev–Trinajstić information content (AvgIpc) is 2.54. The summed E-state index contributed by atoms with van der Waals surface area (Å²) in [5, 5.41) is 13.2. The summed E-state index contributed by atoms with van der Waals surface area (Å²) in [6.07, 6.45) is 0.915. The molecule has 0 spiro atoms. The van der Waals surface area contributed by atoms with Crippen molar-refractivity contribution < 1.29 is 14.3 Å². The van der Waals surface area contributed by atoms with E-state index in [1.165, 1.54) is 6.21 Å². The van der Waals surface area contributed by atoms with Gasteiger partial charge in [-0.25, -0.2) is 4.79 Å². The lowest BCUT2D eigenvalue weighted by molar-refractivity contribution is 0.122. The largest absolute Gasteiger partial charge is 0.448 e. The number of aromatic nitrogens is 2. The summed E-state index contributed by atoms with van der Waals surface area (Å²) in [4.78, 5) is 13.9. The molecule has 0 unspecified atom stereocenters. The predicted molar refractivity (Wildman–Crippen MR) is 78.7 cm³/mol. The van der Waals surface area contributed by atoms with Gasteiger partial charge in [-0.2, -0.15) is 5.10 Å². The minimum atomic E-state index is -0.580. The van der Waals surface area contributed by atoms with Crippen molar-refractivity contribution in [3.05, 3.63) is 12.1 Å². The van der Waals surface area contributed by atoms with Crippen LogP contribution in [0.25, 0.3) is 0 Å². The van der Waals surface area contributed by atoms with E-state index in [-0.39, 0.29) is 6.61 Å². The van der Waals surface area contributed by atoms with Crippen LogP contribution in [0.4, 0.5) is 16.4 Å². The van der Waals surface area contributed by atoms with E-state index in [2.05, 4.69) is 20.2 Å². The molecule has 0 saturated carbocycles. The molecule has 0 aliphatic carbocycles. The van der Waals surface area contributed by atoms with Gasteiger partial charge in [0, 0.05) is 19.3 Å². The Morgan fingerprint density at radius 1 is 1.48 bits per heavy atom. The maximum Gasteiger partial charge on any atom is 0.436 e. The monoisotopic (exact) mass is 293 g/mol. The lowest BCUT2D eigenvalue weighted by Crippen LogP contribution is -2.37. The van der Waals surface area contributed by atoms with Crippen LogP contribution in [0, 0.1) is 0 Å². The first-order valence-corrected chi connectivity index (χ1v) is 6.88. The third-order valence-corrected chi connectivity index (χ3v) is 2.86. The first-order chi connectivity index (χ1) is 10.3. The predicted octanol–water partition coefficient (Wildman–Crippen LogP) is 1.28. The standard InChI is InChI=1S/C13H19N5O3/c1-3-14-18(13(19)21-4-2)12-6-5-11(15-16-12)17-7-9-20-10-8-17/h3,5-6H,4,7-10H2,1-2H3. The Hall–Kier alpha value is -2.22. The molecule has 1 aromatic rings. The van der Waals surface area contributed by atoms with Gasteiger partial charge in [0.1, 0.15) is 0 Å². The molecule has 8 heteroatoms. The molecule has 1 aliphatic heterocycles. The number of rotatable bonds is 4. The van der Waals surface area contributed by atoms with Gasteiger partial charge in [-0.15, -0.1) is 15.2 Å². The molecule has 0 atom stereocenters. The van der Waals surface area contributed by atoms with E-state index in [1.807, 2.05) is 6.07 Å². The lowest BCUT2D eigenvalue weighted by atomic mass is 10.4. The van der Waals surface area contributed by atoms with Gasteiger partial charge < -0.3 is 14.4 Å². The average molecular weight is 293 g/mol. The van der Waals surface area contributed by atoms with Crippen molar-refractivity contribution in [3.8, 4) is 0 Å². The molecule has 0 N–H and O–H groups in total. The number of morpholine rings is 1. The molecule has 1 amide bonds.